The molecule has 2 rings (SSSR count). The SMILES string of the molecule is CCOc1ccc(NC(=O)[C@H](CC)Oc2ccc(F)cc2)cc1. The van der Waals surface area contributed by atoms with Crippen molar-refractivity contribution in [3.05, 3.63) is 54.3 Å². The Kier molecular flexibility index (Phi) is 5.97. The van der Waals surface area contributed by atoms with Gasteiger partial charge >= 0.3 is 0 Å². The number of halogens is 1. The van der Waals surface area contributed by atoms with Crippen LogP contribution in [0.25, 0.3) is 0 Å². The molecule has 1 amide bonds. The summed E-state index contributed by atoms with van der Waals surface area (Å²) < 4.78 is 23.9. The molecule has 0 aromatic heterocycles. The van der Waals surface area contributed by atoms with Crippen molar-refractivity contribution in [2.24, 2.45) is 0 Å². The van der Waals surface area contributed by atoms with Crippen LogP contribution in [0.2, 0.25) is 0 Å². The zero-order valence-electron chi connectivity index (χ0n) is 13.2. The first-order chi connectivity index (χ1) is 11.1. The molecule has 5 heteroatoms. The summed E-state index contributed by atoms with van der Waals surface area (Å²) in [6, 6.07) is 12.7. The molecular formula is C18H20FNO3. The minimum Gasteiger partial charge on any atom is -0.494 e. The van der Waals surface area contributed by atoms with Gasteiger partial charge in [-0.1, -0.05) is 6.92 Å². The molecule has 0 fully saturated rings. The highest BCUT2D eigenvalue weighted by Crippen LogP contribution is 2.18. The minimum atomic E-state index is -0.646. The summed E-state index contributed by atoms with van der Waals surface area (Å²) in [5, 5.41) is 2.80. The van der Waals surface area contributed by atoms with Crippen molar-refractivity contribution >= 4 is 11.6 Å². The van der Waals surface area contributed by atoms with Gasteiger partial charge in [0, 0.05) is 5.69 Å². The highest BCUT2D eigenvalue weighted by Gasteiger charge is 2.18. The molecule has 2 aromatic rings. The second-order valence-corrected chi connectivity index (χ2v) is 4.92. The first-order valence-electron chi connectivity index (χ1n) is 7.58. The van der Waals surface area contributed by atoms with Crippen LogP contribution in [0.4, 0.5) is 10.1 Å². The van der Waals surface area contributed by atoms with E-state index < -0.39 is 6.10 Å². The lowest BCUT2D eigenvalue weighted by atomic mass is 10.2. The van der Waals surface area contributed by atoms with Crippen LogP contribution >= 0.6 is 0 Å². The molecule has 0 unspecified atom stereocenters. The highest BCUT2D eigenvalue weighted by atomic mass is 19.1. The summed E-state index contributed by atoms with van der Waals surface area (Å²) in [4.78, 5) is 12.3. The van der Waals surface area contributed by atoms with E-state index in [4.69, 9.17) is 9.47 Å². The van der Waals surface area contributed by atoms with Gasteiger partial charge in [0.25, 0.3) is 5.91 Å². The van der Waals surface area contributed by atoms with Crippen molar-refractivity contribution in [1.29, 1.82) is 0 Å². The van der Waals surface area contributed by atoms with Gasteiger partial charge in [0.05, 0.1) is 6.61 Å². The van der Waals surface area contributed by atoms with E-state index in [1.807, 2.05) is 13.8 Å². The van der Waals surface area contributed by atoms with Gasteiger partial charge in [0.1, 0.15) is 17.3 Å². The standard InChI is InChI=1S/C18H20FNO3/c1-3-17(23-16-9-5-13(19)6-10-16)18(21)20-14-7-11-15(12-8-14)22-4-2/h5-12,17H,3-4H2,1-2H3,(H,20,21)/t17-/m0/s1. The largest absolute Gasteiger partial charge is 0.494 e. The van der Waals surface area contributed by atoms with E-state index in [2.05, 4.69) is 5.32 Å². The Morgan fingerprint density at radius 1 is 1.04 bits per heavy atom. The number of hydrogen-bond acceptors (Lipinski definition) is 3. The number of hydrogen-bond donors (Lipinski definition) is 1. The van der Waals surface area contributed by atoms with E-state index in [1.165, 1.54) is 24.3 Å². The third-order valence-electron chi connectivity index (χ3n) is 3.19. The smallest absolute Gasteiger partial charge is 0.265 e. The third kappa shape index (κ3) is 4.98. The predicted molar refractivity (Wildman–Crippen MR) is 87.3 cm³/mol. The molecule has 0 aliphatic rings. The Balaban J connectivity index is 1.97. The maximum atomic E-state index is 12.9. The molecule has 0 aliphatic carbocycles. The summed E-state index contributed by atoms with van der Waals surface area (Å²) in [6.45, 7) is 4.36. The molecular weight excluding hydrogens is 297 g/mol. The Morgan fingerprint density at radius 2 is 1.65 bits per heavy atom. The van der Waals surface area contributed by atoms with Crippen LogP contribution in [0.15, 0.2) is 48.5 Å². The summed E-state index contributed by atoms with van der Waals surface area (Å²) >= 11 is 0. The number of rotatable bonds is 7. The fraction of sp³-hybridized carbons (Fsp3) is 0.278. The second kappa shape index (κ2) is 8.17. The Morgan fingerprint density at radius 3 is 2.22 bits per heavy atom. The molecule has 0 radical (unpaired) electrons. The third-order valence-corrected chi connectivity index (χ3v) is 3.19. The van der Waals surface area contributed by atoms with Crippen molar-refractivity contribution in [1.82, 2.24) is 0 Å². The van der Waals surface area contributed by atoms with E-state index in [9.17, 15) is 9.18 Å². The van der Waals surface area contributed by atoms with Crippen LogP contribution in [0, 0.1) is 5.82 Å². The lowest BCUT2D eigenvalue weighted by Gasteiger charge is -2.17. The fourth-order valence-electron chi connectivity index (χ4n) is 2.02. The van der Waals surface area contributed by atoms with Gasteiger partial charge in [-0.25, -0.2) is 4.39 Å². The van der Waals surface area contributed by atoms with Gasteiger partial charge in [0.15, 0.2) is 6.10 Å². The lowest BCUT2D eigenvalue weighted by Crippen LogP contribution is -2.32. The van der Waals surface area contributed by atoms with E-state index in [1.54, 1.807) is 24.3 Å². The summed E-state index contributed by atoms with van der Waals surface area (Å²) in [7, 11) is 0. The molecule has 122 valence electrons. The Bertz CT molecular complexity index is 626. The number of nitrogens with one attached hydrogen (secondary N) is 1. The molecule has 0 saturated carbocycles. The minimum absolute atomic E-state index is 0.249. The van der Waals surface area contributed by atoms with E-state index >= 15 is 0 Å². The highest BCUT2D eigenvalue weighted by molar-refractivity contribution is 5.94. The molecule has 1 N–H and O–H groups in total. The maximum absolute atomic E-state index is 12.9. The average Bonchev–Trinajstić information content (AvgIpc) is 2.56. The molecule has 0 spiro atoms. The average molecular weight is 317 g/mol. The van der Waals surface area contributed by atoms with E-state index in [0.29, 0.717) is 24.5 Å². The number of carbonyl (C=O) groups is 1. The van der Waals surface area contributed by atoms with Crippen molar-refractivity contribution < 1.29 is 18.7 Å². The first-order valence-corrected chi connectivity index (χ1v) is 7.58. The number of amides is 1. The van der Waals surface area contributed by atoms with Gasteiger partial charge in [-0.2, -0.15) is 0 Å². The molecule has 0 heterocycles. The molecule has 4 nitrogen and oxygen atoms in total. The summed E-state index contributed by atoms with van der Waals surface area (Å²) in [6.07, 6.45) is -0.146. The van der Waals surface area contributed by atoms with Crippen molar-refractivity contribution in [2.75, 3.05) is 11.9 Å². The van der Waals surface area contributed by atoms with Crippen LogP contribution in [-0.4, -0.2) is 18.6 Å². The van der Waals surface area contributed by atoms with Gasteiger partial charge < -0.3 is 14.8 Å². The molecule has 0 aliphatic heterocycles. The second-order valence-electron chi connectivity index (χ2n) is 4.92. The lowest BCUT2D eigenvalue weighted by molar-refractivity contribution is -0.122. The van der Waals surface area contributed by atoms with Crippen LogP contribution in [-0.2, 0) is 4.79 Å². The van der Waals surface area contributed by atoms with Crippen molar-refractivity contribution in [3.8, 4) is 11.5 Å². The number of benzene rings is 2. The monoisotopic (exact) mass is 317 g/mol. The predicted octanol–water partition coefficient (Wildman–Crippen LogP) is 4.02. The van der Waals surface area contributed by atoms with Crippen LogP contribution in [0.1, 0.15) is 20.3 Å². The van der Waals surface area contributed by atoms with Gasteiger partial charge in [0.2, 0.25) is 0 Å². The van der Waals surface area contributed by atoms with E-state index in [0.717, 1.165) is 5.75 Å². The molecule has 2 aromatic carbocycles. The fourth-order valence-corrected chi connectivity index (χ4v) is 2.02. The van der Waals surface area contributed by atoms with Crippen LogP contribution in [0.5, 0.6) is 11.5 Å². The summed E-state index contributed by atoms with van der Waals surface area (Å²) in [5.74, 6) is 0.616. The molecule has 0 bridgehead atoms. The molecule has 23 heavy (non-hydrogen) atoms. The molecule has 0 saturated heterocycles. The van der Waals surface area contributed by atoms with Crippen LogP contribution < -0.4 is 14.8 Å². The van der Waals surface area contributed by atoms with Gasteiger partial charge in [-0.3, -0.25) is 4.79 Å². The quantitative estimate of drug-likeness (QED) is 0.839. The van der Waals surface area contributed by atoms with Crippen molar-refractivity contribution in [3.63, 3.8) is 0 Å². The maximum Gasteiger partial charge on any atom is 0.265 e. The Labute approximate surface area is 135 Å². The van der Waals surface area contributed by atoms with Gasteiger partial charge in [-0.15, -0.1) is 0 Å². The number of anilines is 1. The topological polar surface area (TPSA) is 47.6 Å². The zero-order chi connectivity index (χ0) is 16.7. The van der Waals surface area contributed by atoms with Crippen LogP contribution in [0.3, 0.4) is 0 Å². The molecule has 1 atom stereocenters. The van der Waals surface area contributed by atoms with E-state index in [-0.39, 0.29) is 11.7 Å². The van der Waals surface area contributed by atoms with Gasteiger partial charge in [-0.05, 0) is 61.9 Å². The number of carbonyl (C=O) groups excluding carboxylic acids is 1. The zero-order valence-corrected chi connectivity index (χ0v) is 13.2. The first kappa shape index (κ1) is 16.8. The summed E-state index contributed by atoms with van der Waals surface area (Å²) in [5.41, 5.74) is 0.666. The normalized spacial score (nSPS) is 11.6. The van der Waals surface area contributed by atoms with Crippen molar-refractivity contribution in [2.45, 2.75) is 26.4 Å². The number of ether oxygens (including phenoxy) is 2. The Hall–Kier alpha value is -2.56.